The first-order chi connectivity index (χ1) is 9.11. The normalized spacial score (nSPS) is 10.5. The van der Waals surface area contributed by atoms with Gasteiger partial charge in [-0.2, -0.15) is 0 Å². The highest BCUT2D eigenvalue weighted by Gasteiger charge is 2.02. The summed E-state index contributed by atoms with van der Waals surface area (Å²) in [4.78, 5) is 15.6. The van der Waals surface area contributed by atoms with E-state index < -0.39 is 0 Å². The standard InChI is InChI=1S/C15H23NO2S/c1-4-18-15(17)8-6-5-7-9-19-14-11-12(2)10-13(3)16-14/h10-11H,4-9H2,1-3H3. The van der Waals surface area contributed by atoms with Crippen LogP contribution in [0.1, 0.15) is 43.9 Å². The van der Waals surface area contributed by atoms with Crippen LogP contribution in [0.15, 0.2) is 17.2 Å². The van der Waals surface area contributed by atoms with Crippen molar-refractivity contribution < 1.29 is 9.53 Å². The van der Waals surface area contributed by atoms with Crippen molar-refractivity contribution in [2.45, 2.75) is 51.5 Å². The molecule has 0 saturated carbocycles. The Bertz CT molecular complexity index is 387. The van der Waals surface area contributed by atoms with Crippen LogP contribution < -0.4 is 0 Å². The van der Waals surface area contributed by atoms with Gasteiger partial charge in [-0.1, -0.05) is 6.42 Å². The number of hydrogen-bond donors (Lipinski definition) is 0. The third kappa shape index (κ3) is 7.21. The van der Waals surface area contributed by atoms with Crippen LogP contribution in [0.4, 0.5) is 0 Å². The zero-order chi connectivity index (χ0) is 14.1. The number of esters is 1. The second-order valence-corrected chi connectivity index (χ2v) is 5.70. The van der Waals surface area contributed by atoms with Crippen molar-refractivity contribution in [3.05, 3.63) is 23.4 Å². The van der Waals surface area contributed by atoms with E-state index in [1.54, 1.807) is 11.8 Å². The molecule has 0 aromatic carbocycles. The van der Waals surface area contributed by atoms with Crippen molar-refractivity contribution in [1.29, 1.82) is 0 Å². The Kier molecular flexibility index (Phi) is 7.56. The van der Waals surface area contributed by atoms with E-state index in [-0.39, 0.29) is 5.97 Å². The van der Waals surface area contributed by atoms with E-state index in [2.05, 4.69) is 24.0 Å². The van der Waals surface area contributed by atoms with E-state index in [1.165, 1.54) is 5.56 Å². The summed E-state index contributed by atoms with van der Waals surface area (Å²) < 4.78 is 4.89. The Morgan fingerprint density at radius 1 is 1.26 bits per heavy atom. The molecule has 19 heavy (non-hydrogen) atoms. The fraction of sp³-hybridized carbons (Fsp3) is 0.600. The molecule has 4 heteroatoms. The van der Waals surface area contributed by atoms with Crippen LogP contribution in [0.5, 0.6) is 0 Å². The maximum absolute atomic E-state index is 11.1. The highest BCUT2D eigenvalue weighted by atomic mass is 32.2. The molecule has 0 aliphatic heterocycles. The van der Waals surface area contributed by atoms with Crippen LogP contribution in [0.25, 0.3) is 0 Å². The number of ether oxygens (including phenoxy) is 1. The lowest BCUT2D eigenvalue weighted by atomic mass is 10.2. The molecule has 0 aliphatic carbocycles. The Labute approximate surface area is 120 Å². The molecule has 1 heterocycles. The van der Waals surface area contributed by atoms with Gasteiger partial charge in [-0.05, 0) is 57.1 Å². The average Bonchev–Trinajstić information content (AvgIpc) is 2.32. The van der Waals surface area contributed by atoms with Gasteiger partial charge in [0.2, 0.25) is 0 Å². The average molecular weight is 281 g/mol. The van der Waals surface area contributed by atoms with Gasteiger partial charge in [0, 0.05) is 12.1 Å². The van der Waals surface area contributed by atoms with Crippen molar-refractivity contribution >= 4 is 17.7 Å². The number of aromatic nitrogens is 1. The molecule has 106 valence electrons. The number of unbranched alkanes of at least 4 members (excludes halogenated alkanes) is 2. The molecular weight excluding hydrogens is 258 g/mol. The van der Waals surface area contributed by atoms with Crippen LogP contribution >= 0.6 is 11.8 Å². The third-order valence-electron chi connectivity index (χ3n) is 2.65. The van der Waals surface area contributed by atoms with Gasteiger partial charge >= 0.3 is 5.97 Å². The molecule has 0 fully saturated rings. The molecule has 0 amide bonds. The highest BCUT2D eigenvalue weighted by Crippen LogP contribution is 2.19. The molecular formula is C15H23NO2S. The quantitative estimate of drug-likeness (QED) is 0.411. The minimum Gasteiger partial charge on any atom is -0.466 e. The molecule has 0 radical (unpaired) electrons. The second-order valence-electron chi connectivity index (χ2n) is 4.59. The third-order valence-corrected chi connectivity index (χ3v) is 3.65. The largest absolute Gasteiger partial charge is 0.466 e. The fourth-order valence-electron chi connectivity index (χ4n) is 1.84. The van der Waals surface area contributed by atoms with Crippen LogP contribution in [0.2, 0.25) is 0 Å². The van der Waals surface area contributed by atoms with Gasteiger partial charge in [0.05, 0.1) is 11.6 Å². The first-order valence-electron chi connectivity index (χ1n) is 6.85. The molecule has 1 aromatic rings. The number of rotatable bonds is 8. The van der Waals surface area contributed by atoms with Crippen molar-refractivity contribution in [2.24, 2.45) is 0 Å². The maximum atomic E-state index is 11.1. The molecule has 1 aromatic heterocycles. The number of nitrogens with zero attached hydrogens (tertiary/aromatic N) is 1. The number of thioether (sulfide) groups is 1. The topological polar surface area (TPSA) is 39.2 Å². The van der Waals surface area contributed by atoms with Crippen molar-refractivity contribution in [2.75, 3.05) is 12.4 Å². The summed E-state index contributed by atoms with van der Waals surface area (Å²) in [7, 11) is 0. The summed E-state index contributed by atoms with van der Waals surface area (Å²) in [5.74, 6) is 0.977. The molecule has 0 unspecified atom stereocenters. The zero-order valence-corrected chi connectivity index (χ0v) is 12.9. The van der Waals surface area contributed by atoms with E-state index in [4.69, 9.17) is 4.74 Å². The van der Waals surface area contributed by atoms with Crippen LogP contribution in [-0.4, -0.2) is 23.3 Å². The molecule has 0 bridgehead atoms. The summed E-state index contributed by atoms with van der Waals surface area (Å²) in [5.41, 5.74) is 2.34. The van der Waals surface area contributed by atoms with Gasteiger partial charge in [-0.15, -0.1) is 11.8 Å². The molecule has 1 rings (SSSR count). The SMILES string of the molecule is CCOC(=O)CCCCCSc1cc(C)cc(C)n1. The first-order valence-corrected chi connectivity index (χ1v) is 7.84. The van der Waals surface area contributed by atoms with Gasteiger partial charge in [-0.3, -0.25) is 4.79 Å². The number of carbonyl (C=O) groups excluding carboxylic acids is 1. The van der Waals surface area contributed by atoms with Gasteiger partial charge in [0.15, 0.2) is 0 Å². The van der Waals surface area contributed by atoms with E-state index in [0.29, 0.717) is 13.0 Å². The smallest absolute Gasteiger partial charge is 0.305 e. The summed E-state index contributed by atoms with van der Waals surface area (Å²) >= 11 is 1.79. The lowest BCUT2D eigenvalue weighted by Gasteiger charge is -2.04. The van der Waals surface area contributed by atoms with E-state index in [1.807, 2.05) is 13.8 Å². The molecule has 0 aliphatic rings. The van der Waals surface area contributed by atoms with Crippen molar-refractivity contribution in [3.8, 4) is 0 Å². The Morgan fingerprint density at radius 2 is 2.05 bits per heavy atom. The lowest BCUT2D eigenvalue weighted by molar-refractivity contribution is -0.143. The lowest BCUT2D eigenvalue weighted by Crippen LogP contribution is -2.03. The summed E-state index contributed by atoms with van der Waals surface area (Å²) in [6, 6.07) is 4.21. The predicted octanol–water partition coefficient (Wildman–Crippen LogP) is 3.91. The number of carbonyl (C=O) groups is 1. The van der Waals surface area contributed by atoms with Gasteiger partial charge in [-0.25, -0.2) is 4.98 Å². The minimum absolute atomic E-state index is 0.0777. The van der Waals surface area contributed by atoms with Crippen molar-refractivity contribution in [1.82, 2.24) is 4.98 Å². The molecule has 3 nitrogen and oxygen atoms in total. The van der Waals surface area contributed by atoms with E-state index in [0.717, 1.165) is 35.7 Å². The Morgan fingerprint density at radius 3 is 2.74 bits per heavy atom. The van der Waals surface area contributed by atoms with Crippen molar-refractivity contribution in [3.63, 3.8) is 0 Å². The number of pyridine rings is 1. The van der Waals surface area contributed by atoms with E-state index >= 15 is 0 Å². The predicted molar refractivity (Wildman–Crippen MR) is 79.5 cm³/mol. The molecule has 0 N–H and O–H groups in total. The second kappa shape index (κ2) is 8.97. The Hall–Kier alpha value is -1.03. The van der Waals surface area contributed by atoms with Gasteiger partial charge < -0.3 is 4.74 Å². The van der Waals surface area contributed by atoms with E-state index in [9.17, 15) is 4.79 Å². The maximum Gasteiger partial charge on any atom is 0.305 e. The number of hydrogen-bond acceptors (Lipinski definition) is 4. The van der Waals surface area contributed by atoms with Gasteiger partial charge in [0.1, 0.15) is 0 Å². The molecule has 0 spiro atoms. The minimum atomic E-state index is -0.0777. The zero-order valence-electron chi connectivity index (χ0n) is 12.1. The Balaban J connectivity index is 2.12. The van der Waals surface area contributed by atoms with Crippen LogP contribution in [0.3, 0.4) is 0 Å². The van der Waals surface area contributed by atoms with Crippen LogP contribution in [-0.2, 0) is 9.53 Å². The first kappa shape index (κ1) is 16.0. The monoisotopic (exact) mass is 281 g/mol. The number of aryl methyl sites for hydroxylation is 2. The molecule has 0 saturated heterocycles. The summed E-state index contributed by atoms with van der Waals surface area (Å²) in [5, 5.41) is 1.10. The molecule has 0 atom stereocenters. The van der Waals surface area contributed by atoms with Gasteiger partial charge in [0.25, 0.3) is 0 Å². The summed E-state index contributed by atoms with van der Waals surface area (Å²) in [6.45, 7) is 6.44. The fourth-order valence-corrected chi connectivity index (χ4v) is 2.87. The van der Waals surface area contributed by atoms with Crippen LogP contribution in [0, 0.1) is 13.8 Å². The highest BCUT2D eigenvalue weighted by molar-refractivity contribution is 7.99. The summed E-state index contributed by atoms with van der Waals surface area (Å²) in [6.07, 6.45) is 3.63.